The first-order chi connectivity index (χ1) is 15.4. The topological polar surface area (TPSA) is 107 Å². The molecule has 3 aromatic rings. The SMILES string of the molecule is CC(O)(C(NC(=O)c1ccccc1O)c1ccc(C(=O)c2ccccc2)cc1O)C(F)(F)F. The van der Waals surface area contributed by atoms with E-state index in [1.54, 1.807) is 18.2 Å². The molecule has 9 heteroatoms. The molecule has 0 aromatic heterocycles. The summed E-state index contributed by atoms with van der Waals surface area (Å²) in [4.78, 5) is 25.2. The summed E-state index contributed by atoms with van der Waals surface area (Å²) < 4.78 is 41.0. The van der Waals surface area contributed by atoms with Crippen molar-refractivity contribution in [2.45, 2.75) is 24.7 Å². The molecule has 0 radical (unpaired) electrons. The summed E-state index contributed by atoms with van der Waals surface area (Å²) in [6.07, 6.45) is -5.20. The minimum Gasteiger partial charge on any atom is -0.508 e. The Morgan fingerprint density at radius 2 is 1.45 bits per heavy atom. The fourth-order valence-electron chi connectivity index (χ4n) is 3.24. The number of carbonyl (C=O) groups is 2. The van der Waals surface area contributed by atoms with E-state index in [-0.39, 0.29) is 11.1 Å². The Morgan fingerprint density at radius 3 is 2.03 bits per heavy atom. The van der Waals surface area contributed by atoms with Crippen molar-refractivity contribution in [1.29, 1.82) is 0 Å². The average molecular weight is 459 g/mol. The lowest BCUT2D eigenvalue weighted by molar-refractivity contribution is -0.263. The number of aromatic hydroxyl groups is 2. The predicted molar refractivity (Wildman–Crippen MR) is 113 cm³/mol. The summed E-state index contributed by atoms with van der Waals surface area (Å²) in [5.41, 5.74) is -3.99. The summed E-state index contributed by atoms with van der Waals surface area (Å²) in [6.45, 7) is 0.450. The number of hydrogen-bond acceptors (Lipinski definition) is 5. The van der Waals surface area contributed by atoms with Crippen molar-refractivity contribution < 1.29 is 38.1 Å². The molecule has 0 heterocycles. The van der Waals surface area contributed by atoms with Gasteiger partial charge in [0.05, 0.1) is 11.6 Å². The van der Waals surface area contributed by atoms with Gasteiger partial charge in [-0.3, -0.25) is 9.59 Å². The minimum absolute atomic E-state index is 0.000109. The molecule has 0 aliphatic carbocycles. The number of rotatable bonds is 6. The molecule has 0 aliphatic heterocycles. The van der Waals surface area contributed by atoms with Crippen LogP contribution in [0.4, 0.5) is 13.2 Å². The van der Waals surface area contributed by atoms with Gasteiger partial charge in [-0.15, -0.1) is 0 Å². The Balaban J connectivity index is 2.03. The lowest BCUT2D eigenvalue weighted by Gasteiger charge is -2.35. The van der Waals surface area contributed by atoms with E-state index in [9.17, 15) is 38.1 Å². The normalized spacial score (nSPS) is 14.2. The first kappa shape index (κ1) is 23.8. The van der Waals surface area contributed by atoms with Crippen molar-refractivity contribution >= 4 is 11.7 Å². The molecule has 172 valence electrons. The molecule has 33 heavy (non-hydrogen) atoms. The zero-order chi connectivity index (χ0) is 24.4. The number of halogens is 3. The highest BCUT2D eigenvalue weighted by molar-refractivity contribution is 6.09. The largest absolute Gasteiger partial charge is 0.508 e. The van der Waals surface area contributed by atoms with Crippen LogP contribution in [-0.4, -0.2) is 38.8 Å². The third-order valence-corrected chi connectivity index (χ3v) is 5.20. The Bertz CT molecular complexity index is 1180. The average Bonchev–Trinajstić information content (AvgIpc) is 2.77. The zero-order valence-corrected chi connectivity index (χ0v) is 17.3. The first-order valence-electron chi connectivity index (χ1n) is 9.74. The molecule has 0 saturated heterocycles. The maximum absolute atomic E-state index is 13.7. The molecular formula is C24H20F3NO5. The minimum atomic E-state index is -5.20. The number of benzene rings is 3. The molecule has 0 fully saturated rings. The van der Waals surface area contributed by atoms with Crippen LogP contribution >= 0.6 is 0 Å². The summed E-state index contributed by atoms with van der Waals surface area (Å²) in [7, 11) is 0. The Labute approximate surface area is 186 Å². The number of carbonyl (C=O) groups excluding carboxylic acids is 2. The van der Waals surface area contributed by atoms with Crippen molar-refractivity contribution in [3.8, 4) is 11.5 Å². The van der Waals surface area contributed by atoms with Gasteiger partial charge in [0.1, 0.15) is 11.5 Å². The van der Waals surface area contributed by atoms with Gasteiger partial charge in [-0.05, 0) is 25.1 Å². The van der Waals surface area contributed by atoms with E-state index in [0.29, 0.717) is 12.5 Å². The summed E-state index contributed by atoms with van der Waals surface area (Å²) in [5.74, 6) is -2.79. The van der Waals surface area contributed by atoms with Crippen molar-refractivity contribution in [2.24, 2.45) is 0 Å². The van der Waals surface area contributed by atoms with Gasteiger partial charge in [0.2, 0.25) is 0 Å². The van der Waals surface area contributed by atoms with Crippen LogP contribution in [0.2, 0.25) is 0 Å². The van der Waals surface area contributed by atoms with E-state index >= 15 is 0 Å². The fraction of sp³-hybridized carbons (Fsp3) is 0.167. The van der Waals surface area contributed by atoms with Crippen molar-refractivity contribution in [3.05, 3.63) is 95.1 Å². The lowest BCUT2D eigenvalue weighted by Crippen LogP contribution is -2.53. The van der Waals surface area contributed by atoms with E-state index in [0.717, 1.165) is 12.1 Å². The molecule has 1 amide bonds. The number of nitrogens with one attached hydrogen (secondary N) is 1. The number of phenols is 2. The van der Waals surface area contributed by atoms with E-state index in [2.05, 4.69) is 0 Å². The van der Waals surface area contributed by atoms with E-state index in [4.69, 9.17) is 0 Å². The van der Waals surface area contributed by atoms with E-state index < -0.39 is 46.6 Å². The maximum Gasteiger partial charge on any atom is 0.419 e. The Hall–Kier alpha value is -3.85. The number of phenolic OH excluding ortho intramolecular Hbond substituents is 2. The first-order valence-corrected chi connectivity index (χ1v) is 9.74. The number of alkyl halides is 3. The lowest BCUT2D eigenvalue weighted by atomic mass is 9.87. The monoisotopic (exact) mass is 459 g/mol. The standard InChI is InChI=1S/C24H20F3NO5/c1-23(33,24(25,26)27)21(28-22(32)17-9-5-6-10-18(17)29)16-12-11-15(13-19(16)30)20(31)14-7-3-2-4-8-14/h2-13,21,29-30,33H,1H3,(H,28,32). The number of amides is 1. The molecule has 4 N–H and O–H groups in total. The molecular weight excluding hydrogens is 439 g/mol. The van der Waals surface area contributed by atoms with Crippen LogP contribution in [0.5, 0.6) is 11.5 Å². The van der Waals surface area contributed by atoms with Crippen LogP contribution in [0.25, 0.3) is 0 Å². The van der Waals surface area contributed by atoms with Gasteiger partial charge in [-0.1, -0.05) is 54.6 Å². The molecule has 3 rings (SSSR count). The highest BCUT2D eigenvalue weighted by Gasteiger charge is 2.56. The molecule has 0 bridgehead atoms. The number of ketones is 1. The molecule has 2 atom stereocenters. The fourth-order valence-corrected chi connectivity index (χ4v) is 3.24. The van der Waals surface area contributed by atoms with E-state index in [1.165, 1.54) is 42.5 Å². The Morgan fingerprint density at radius 1 is 0.848 bits per heavy atom. The van der Waals surface area contributed by atoms with Crippen LogP contribution in [-0.2, 0) is 0 Å². The number of aliphatic hydroxyl groups is 1. The van der Waals surface area contributed by atoms with Crippen LogP contribution in [0.3, 0.4) is 0 Å². The van der Waals surface area contributed by atoms with Gasteiger partial charge in [0.15, 0.2) is 11.4 Å². The third kappa shape index (κ3) is 4.83. The van der Waals surface area contributed by atoms with Crippen LogP contribution in [0.15, 0.2) is 72.8 Å². The molecule has 0 saturated carbocycles. The van der Waals surface area contributed by atoms with Crippen molar-refractivity contribution in [1.82, 2.24) is 5.32 Å². The van der Waals surface area contributed by atoms with Gasteiger partial charge in [-0.25, -0.2) is 0 Å². The number of hydrogen-bond donors (Lipinski definition) is 4. The summed E-state index contributed by atoms with van der Waals surface area (Å²) in [5, 5.41) is 32.7. The molecule has 6 nitrogen and oxygen atoms in total. The number of para-hydroxylation sites is 1. The predicted octanol–water partition coefficient (Wildman–Crippen LogP) is 4.11. The second-order valence-corrected chi connectivity index (χ2v) is 7.54. The second kappa shape index (κ2) is 8.95. The van der Waals surface area contributed by atoms with E-state index in [1.807, 2.05) is 5.32 Å². The third-order valence-electron chi connectivity index (χ3n) is 5.20. The quantitative estimate of drug-likeness (QED) is 0.415. The van der Waals surface area contributed by atoms with Crippen LogP contribution in [0, 0.1) is 0 Å². The molecule has 0 spiro atoms. The second-order valence-electron chi connectivity index (χ2n) is 7.54. The summed E-state index contributed by atoms with van der Waals surface area (Å²) in [6, 6.07) is 14.2. The van der Waals surface area contributed by atoms with Crippen LogP contribution < -0.4 is 5.32 Å². The van der Waals surface area contributed by atoms with Crippen molar-refractivity contribution in [2.75, 3.05) is 0 Å². The van der Waals surface area contributed by atoms with Crippen LogP contribution in [0.1, 0.15) is 44.8 Å². The van der Waals surface area contributed by atoms with Gasteiger partial charge in [-0.2, -0.15) is 13.2 Å². The van der Waals surface area contributed by atoms with Gasteiger partial charge >= 0.3 is 6.18 Å². The molecule has 3 aromatic carbocycles. The Kier molecular flexibility index (Phi) is 6.46. The van der Waals surface area contributed by atoms with Gasteiger partial charge < -0.3 is 20.6 Å². The smallest absolute Gasteiger partial charge is 0.419 e. The highest BCUT2D eigenvalue weighted by atomic mass is 19.4. The van der Waals surface area contributed by atoms with Gasteiger partial charge in [0, 0.05) is 16.7 Å². The van der Waals surface area contributed by atoms with Crippen molar-refractivity contribution in [3.63, 3.8) is 0 Å². The summed E-state index contributed by atoms with van der Waals surface area (Å²) >= 11 is 0. The highest BCUT2D eigenvalue weighted by Crippen LogP contribution is 2.42. The van der Waals surface area contributed by atoms with Gasteiger partial charge in [0.25, 0.3) is 5.91 Å². The molecule has 0 aliphatic rings. The maximum atomic E-state index is 13.7. The zero-order valence-electron chi connectivity index (χ0n) is 17.3. The molecule has 2 unspecified atom stereocenters.